The second kappa shape index (κ2) is 20.8. The van der Waals surface area contributed by atoms with Crippen molar-refractivity contribution in [2.45, 2.75) is 94.1 Å². The number of ether oxygens (including phenoxy) is 10. The van der Waals surface area contributed by atoms with Gasteiger partial charge in [0.15, 0.2) is 18.9 Å². The number of aliphatic hydroxyl groups excluding tert-OH is 1. The van der Waals surface area contributed by atoms with Gasteiger partial charge in [0.1, 0.15) is 48.8 Å². The lowest BCUT2D eigenvalue weighted by molar-refractivity contribution is -0.396. The molecule has 11 atom stereocenters. The van der Waals surface area contributed by atoms with Gasteiger partial charge in [-0.1, -0.05) is 152 Å². The highest BCUT2D eigenvalue weighted by Gasteiger charge is 2.55. The average Bonchev–Trinajstić information content (AvgIpc) is 3.30. The van der Waals surface area contributed by atoms with Crippen LogP contribution >= 0.6 is 0 Å². The summed E-state index contributed by atoms with van der Waals surface area (Å²) < 4.78 is 65.2. The zero-order valence-corrected chi connectivity index (χ0v) is 33.1. The van der Waals surface area contributed by atoms with Crippen molar-refractivity contribution >= 4 is 0 Å². The number of rotatable bonds is 17. The Balaban J connectivity index is 1.11. The van der Waals surface area contributed by atoms with Crippen LogP contribution in [0.25, 0.3) is 0 Å². The molecular weight excluding hydrogens is 753 g/mol. The summed E-state index contributed by atoms with van der Waals surface area (Å²) in [5.41, 5.74) is 4.76. The molecule has 5 aromatic carbocycles. The summed E-state index contributed by atoms with van der Waals surface area (Å²) >= 11 is 0. The summed E-state index contributed by atoms with van der Waals surface area (Å²) in [5, 5.41) is 12.1. The summed E-state index contributed by atoms with van der Waals surface area (Å²) in [6.45, 7) is 1.47. The summed E-state index contributed by atoms with van der Waals surface area (Å²) in [5.74, 6) is 0. The van der Waals surface area contributed by atoms with Crippen LogP contribution in [0.15, 0.2) is 152 Å². The van der Waals surface area contributed by atoms with Crippen molar-refractivity contribution in [2.75, 3.05) is 20.3 Å². The minimum absolute atomic E-state index is 0.145. The number of benzene rings is 5. The predicted octanol–water partition coefficient (Wildman–Crippen LogP) is 6.92. The largest absolute Gasteiger partial charge is 0.387 e. The van der Waals surface area contributed by atoms with Crippen LogP contribution in [0, 0.1) is 0 Å². The minimum atomic E-state index is -1.20. The van der Waals surface area contributed by atoms with E-state index in [0.29, 0.717) is 6.61 Å². The molecule has 0 aliphatic carbocycles. The first-order chi connectivity index (χ1) is 29.1. The predicted molar refractivity (Wildman–Crippen MR) is 216 cm³/mol. The van der Waals surface area contributed by atoms with Crippen LogP contribution in [-0.4, -0.2) is 86.8 Å². The normalized spacial score (nSPS) is 29.4. The van der Waals surface area contributed by atoms with Gasteiger partial charge in [-0.05, 0) is 22.3 Å². The lowest BCUT2D eigenvalue weighted by atomic mass is 9.96. The van der Waals surface area contributed by atoms with Gasteiger partial charge in [-0.15, -0.1) is 0 Å². The van der Waals surface area contributed by atoms with Crippen molar-refractivity contribution in [2.24, 2.45) is 0 Å². The van der Waals surface area contributed by atoms with Crippen LogP contribution < -0.4 is 0 Å². The highest BCUT2D eigenvalue weighted by Crippen LogP contribution is 2.38. The average molecular weight is 805 g/mol. The fourth-order valence-electron chi connectivity index (χ4n) is 7.69. The van der Waals surface area contributed by atoms with Gasteiger partial charge in [0.25, 0.3) is 0 Å². The molecule has 1 N–H and O–H groups in total. The van der Waals surface area contributed by atoms with Crippen molar-refractivity contribution in [1.82, 2.24) is 0 Å². The van der Waals surface area contributed by atoms with Gasteiger partial charge in [-0.2, -0.15) is 0 Å². The van der Waals surface area contributed by atoms with Crippen LogP contribution in [0.4, 0.5) is 0 Å². The summed E-state index contributed by atoms with van der Waals surface area (Å²) in [6, 6.07) is 49.3. The summed E-state index contributed by atoms with van der Waals surface area (Å²) in [6.07, 6.45) is -9.42. The first kappa shape index (κ1) is 41.4. The van der Waals surface area contributed by atoms with Gasteiger partial charge in [0.2, 0.25) is 0 Å². The molecule has 3 fully saturated rings. The Hall–Kier alpha value is -4.34. The molecule has 8 rings (SSSR count). The molecule has 3 aliphatic heterocycles. The Labute approximate surface area is 345 Å². The molecule has 59 heavy (non-hydrogen) atoms. The topological polar surface area (TPSA) is 113 Å². The van der Waals surface area contributed by atoms with Gasteiger partial charge in [-0.3, -0.25) is 0 Å². The Morgan fingerprint density at radius 1 is 0.525 bits per heavy atom. The molecule has 11 heteroatoms. The highest BCUT2D eigenvalue weighted by atomic mass is 16.8. The quantitative estimate of drug-likeness (QED) is 0.106. The number of hydrogen-bond acceptors (Lipinski definition) is 11. The maximum atomic E-state index is 12.1. The molecule has 3 heterocycles. The van der Waals surface area contributed by atoms with E-state index < -0.39 is 67.7 Å². The van der Waals surface area contributed by atoms with E-state index in [0.717, 1.165) is 27.8 Å². The maximum Gasteiger partial charge on any atom is 0.187 e. The third kappa shape index (κ3) is 10.7. The van der Waals surface area contributed by atoms with Crippen LogP contribution in [0.5, 0.6) is 0 Å². The molecule has 0 saturated carbocycles. The number of methoxy groups -OCH3 is 1. The lowest BCUT2D eigenvalue weighted by Gasteiger charge is -2.50. The molecular formula is C48H52O11. The standard InChI is InChI=1S/C48H52O11/c1-50-47-43(40(49)41-39(56-47)32-55-46(58-41)37-25-15-6-16-26-37)59-48-45(54-30-36-23-13-5-14-24-36)44(53-29-35-21-11-4-12-22-35)42(52-28-34-19-9-3-10-20-34)38(57-48)31-51-27-33-17-7-2-8-18-33/h2-26,38-49H,27-32H2,1H3/t38-,39-,40+,41-,42-,43-,44+,45-,46?,47-,48?/m1/s1. The second-order valence-corrected chi connectivity index (χ2v) is 14.9. The number of hydrogen-bond donors (Lipinski definition) is 1. The van der Waals surface area contributed by atoms with E-state index in [9.17, 15) is 5.11 Å². The van der Waals surface area contributed by atoms with E-state index in [2.05, 4.69) is 0 Å². The number of aliphatic hydroxyl groups is 1. The van der Waals surface area contributed by atoms with Crippen LogP contribution in [0.3, 0.4) is 0 Å². The fraction of sp³-hybridized carbons (Fsp3) is 0.375. The summed E-state index contributed by atoms with van der Waals surface area (Å²) in [7, 11) is 1.51. The van der Waals surface area contributed by atoms with Crippen molar-refractivity contribution in [1.29, 1.82) is 0 Å². The van der Waals surface area contributed by atoms with E-state index in [4.69, 9.17) is 47.4 Å². The molecule has 0 radical (unpaired) electrons. The van der Waals surface area contributed by atoms with Gasteiger partial charge in [0.05, 0.1) is 39.6 Å². The maximum absolute atomic E-state index is 12.1. The monoisotopic (exact) mass is 804 g/mol. The van der Waals surface area contributed by atoms with Gasteiger partial charge < -0.3 is 52.5 Å². The zero-order valence-electron chi connectivity index (χ0n) is 33.1. The van der Waals surface area contributed by atoms with Crippen molar-refractivity contribution in [3.8, 4) is 0 Å². The smallest absolute Gasteiger partial charge is 0.187 e. The SMILES string of the molecule is CO[C@@H]1O[C@@H]2COC(c3ccccc3)O[C@H]2[C@H](O)[C@H]1OC1O[C@H](COCc2ccccc2)[C@@H](OCc2ccccc2)[C@H](OCc2ccccc2)[C@H]1OCc1ccccc1. The van der Waals surface area contributed by atoms with E-state index in [1.54, 1.807) is 0 Å². The lowest BCUT2D eigenvalue weighted by Crippen LogP contribution is -2.66. The van der Waals surface area contributed by atoms with E-state index >= 15 is 0 Å². The Morgan fingerprint density at radius 3 is 1.56 bits per heavy atom. The van der Waals surface area contributed by atoms with E-state index in [-0.39, 0.29) is 33.0 Å². The molecule has 3 saturated heterocycles. The molecule has 11 nitrogen and oxygen atoms in total. The van der Waals surface area contributed by atoms with Crippen molar-refractivity contribution in [3.63, 3.8) is 0 Å². The molecule has 0 spiro atoms. The minimum Gasteiger partial charge on any atom is -0.387 e. The first-order valence-electron chi connectivity index (χ1n) is 20.2. The Kier molecular flexibility index (Phi) is 14.6. The first-order valence-corrected chi connectivity index (χ1v) is 20.2. The molecule has 2 unspecified atom stereocenters. The fourth-order valence-corrected chi connectivity index (χ4v) is 7.69. The molecule has 3 aliphatic rings. The molecule has 5 aromatic rings. The Bertz CT molecular complexity index is 1940. The van der Waals surface area contributed by atoms with Crippen LogP contribution in [0.2, 0.25) is 0 Å². The van der Waals surface area contributed by atoms with Gasteiger partial charge in [0, 0.05) is 12.7 Å². The molecule has 0 aromatic heterocycles. The molecule has 0 amide bonds. The molecule has 0 bridgehead atoms. The van der Waals surface area contributed by atoms with Crippen LogP contribution in [0.1, 0.15) is 34.1 Å². The van der Waals surface area contributed by atoms with Gasteiger partial charge in [-0.25, -0.2) is 0 Å². The van der Waals surface area contributed by atoms with Gasteiger partial charge >= 0.3 is 0 Å². The van der Waals surface area contributed by atoms with E-state index in [1.165, 1.54) is 7.11 Å². The Morgan fingerprint density at radius 2 is 1.02 bits per heavy atom. The zero-order chi connectivity index (χ0) is 40.2. The number of fused-ring (bicyclic) bond motifs is 1. The van der Waals surface area contributed by atoms with Crippen molar-refractivity contribution in [3.05, 3.63) is 179 Å². The van der Waals surface area contributed by atoms with E-state index in [1.807, 2.05) is 152 Å². The molecule has 310 valence electrons. The third-order valence-corrected chi connectivity index (χ3v) is 10.7. The highest BCUT2D eigenvalue weighted by molar-refractivity contribution is 5.18. The van der Waals surface area contributed by atoms with Crippen molar-refractivity contribution < 1.29 is 52.5 Å². The summed E-state index contributed by atoms with van der Waals surface area (Å²) in [4.78, 5) is 0. The third-order valence-electron chi connectivity index (χ3n) is 10.7. The second-order valence-electron chi connectivity index (χ2n) is 14.9. The van der Waals surface area contributed by atoms with Crippen LogP contribution in [-0.2, 0) is 73.8 Å².